The first kappa shape index (κ1) is 19.3. The van der Waals surface area contributed by atoms with Crippen molar-refractivity contribution in [3.8, 4) is 0 Å². The second kappa shape index (κ2) is 9.49. The quantitative estimate of drug-likeness (QED) is 0.843. The molecule has 144 valence electrons. The molecule has 2 saturated heterocycles. The molecular weight excluding hydrogens is 326 g/mol. The molecule has 5 heteroatoms. The number of nitrogens with zero attached hydrogens (tertiary/aromatic N) is 3. The normalized spacial score (nSPS) is 20.9. The standard InChI is InChI=1S/C21H33N3O2/c1-18(15-22-9-5-2-6-10-22)21(26)24-13-11-23(12-14-24)16-19-7-3-4-8-20(19)17-25/h3-4,7-8,18,25H,2,5-6,9-17H2,1H3/t18-/m0/s1. The topological polar surface area (TPSA) is 47.0 Å². The monoisotopic (exact) mass is 359 g/mol. The van der Waals surface area contributed by atoms with E-state index in [1.54, 1.807) is 0 Å². The number of aliphatic hydroxyl groups is 1. The van der Waals surface area contributed by atoms with E-state index in [0.717, 1.165) is 57.9 Å². The maximum atomic E-state index is 12.8. The van der Waals surface area contributed by atoms with Gasteiger partial charge < -0.3 is 14.9 Å². The van der Waals surface area contributed by atoms with Gasteiger partial charge in [0.2, 0.25) is 5.91 Å². The predicted molar refractivity (Wildman–Crippen MR) is 104 cm³/mol. The molecule has 1 aromatic rings. The van der Waals surface area contributed by atoms with Crippen molar-refractivity contribution >= 4 is 5.91 Å². The van der Waals surface area contributed by atoms with E-state index in [1.807, 2.05) is 23.1 Å². The molecule has 0 saturated carbocycles. The van der Waals surface area contributed by atoms with Crippen LogP contribution in [0.4, 0.5) is 0 Å². The van der Waals surface area contributed by atoms with E-state index in [0.29, 0.717) is 5.91 Å². The first-order valence-corrected chi connectivity index (χ1v) is 10.1. The summed E-state index contributed by atoms with van der Waals surface area (Å²) in [4.78, 5) is 19.7. The van der Waals surface area contributed by atoms with Crippen LogP contribution in [-0.2, 0) is 17.9 Å². The molecule has 2 heterocycles. The molecule has 1 atom stereocenters. The highest BCUT2D eigenvalue weighted by Gasteiger charge is 2.26. The van der Waals surface area contributed by atoms with Gasteiger partial charge in [0, 0.05) is 45.2 Å². The number of benzene rings is 1. The Balaban J connectivity index is 1.46. The Bertz CT molecular complexity index is 578. The van der Waals surface area contributed by atoms with Crippen molar-refractivity contribution in [1.82, 2.24) is 14.7 Å². The summed E-state index contributed by atoms with van der Waals surface area (Å²) < 4.78 is 0. The number of amides is 1. The Morgan fingerprint density at radius 3 is 2.27 bits per heavy atom. The Labute approximate surface area is 157 Å². The van der Waals surface area contributed by atoms with E-state index in [4.69, 9.17) is 0 Å². The molecule has 0 radical (unpaired) electrons. The fraction of sp³-hybridized carbons (Fsp3) is 0.667. The van der Waals surface area contributed by atoms with Crippen molar-refractivity contribution < 1.29 is 9.90 Å². The lowest BCUT2D eigenvalue weighted by molar-refractivity contribution is -0.137. The van der Waals surface area contributed by atoms with Crippen LogP contribution in [0, 0.1) is 5.92 Å². The van der Waals surface area contributed by atoms with Crippen molar-refractivity contribution in [3.63, 3.8) is 0 Å². The molecule has 2 aliphatic heterocycles. The number of piperidine rings is 1. The predicted octanol–water partition coefficient (Wildman–Crippen LogP) is 1.95. The molecule has 0 unspecified atom stereocenters. The summed E-state index contributed by atoms with van der Waals surface area (Å²) in [5, 5.41) is 9.48. The highest BCUT2D eigenvalue weighted by Crippen LogP contribution is 2.16. The van der Waals surface area contributed by atoms with E-state index in [2.05, 4.69) is 22.8 Å². The average molecular weight is 360 g/mol. The number of carbonyl (C=O) groups is 1. The molecule has 0 aliphatic carbocycles. The number of hydrogen-bond acceptors (Lipinski definition) is 4. The van der Waals surface area contributed by atoms with Gasteiger partial charge in [-0.2, -0.15) is 0 Å². The molecule has 2 fully saturated rings. The van der Waals surface area contributed by atoms with E-state index in [-0.39, 0.29) is 12.5 Å². The first-order valence-electron chi connectivity index (χ1n) is 10.1. The lowest BCUT2D eigenvalue weighted by Gasteiger charge is -2.37. The summed E-state index contributed by atoms with van der Waals surface area (Å²) in [5.74, 6) is 0.403. The summed E-state index contributed by atoms with van der Waals surface area (Å²) in [6, 6.07) is 8.06. The minimum atomic E-state index is 0.0860. The van der Waals surface area contributed by atoms with Gasteiger partial charge in [0.1, 0.15) is 0 Å². The SMILES string of the molecule is C[C@@H](CN1CCCCC1)C(=O)N1CCN(Cc2ccccc2CO)CC1. The number of piperazine rings is 1. The van der Waals surface area contributed by atoms with E-state index >= 15 is 0 Å². The van der Waals surface area contributed by atoms with Crippen LogP contribution in [0.3, 0.4) is 0 Å². The van der Waals surface area contributed by atoms with Gasteiger partial charge in [-0.3, -0.25) is 9.69 Å². The van der Waals surface area contributed by atoms with Gasteiger partial charge in [0.05, 0.1) is 6.61 Å². The molecule has 1 N–H and O–H groups in total. The summed E-state index contributed by atoms with van der Waals surface area (Å²) >= 11 is 0. The van der Waals surface area contributed by atoms with Gasteiger partial charge in [0.15, 0.2) is 0 Å². The Kier molecular flexibility index (Phi) is 7.06. The maximum absolute atomic E-state index is 12.8. The van der Waals surface area contributed by atoms with Crippen molar-refractivity contribution in [3.05, 3.63) is 35.4 Å². The lowest BCUT2D eigenvalue weighted by Crippen LogP contribution is -2.51. The van der Waals surface area contributed by atoms with Crippen molar-refractivity contribution in [2.24, 2.45) is 5.92 Å². The first-order chi connectivity index (χ1) is 12.7. The van der Waals surface area contributed by atoms with E-state index < -0.39 is 0 Å². The Hall–Kier alpha value is -1.43. The molecule has 5 nitrogen and oxygen atoms in total. The molecule has 2 aliphatic rings. The highest BCUT2D eigenvalue weighted by molar-refractivity contribution is 5.78. The van der Waals surface area contributed by atoms with E-state index in [1.165, 1.54) is 24.8 Å². The van der Waals surface area contributed by atoms with Crippen LogP contribution in [0.25, 0.3) is 0 Å². The highest BCUT2D eigenvalue weighted by atomic mass is 16.3. The number of likely N-dealkylation sites (tertiary alicyclic amines) is 1. The third-order valence-electron chi connectivity index (χ3n) is 5.77. The fourth-order valence-electron chi connectivity index (χ4n) is 4.15. The van der Waals surface area contributed by atoms with Crippen molar-refractivity contribution in [1.29, 1.82) is 0 Å². The smallest absolute Gasteiger partial charge is 0.226 e. The third-order valence-corrected chi connectivity index (χ3v) is 5.77. The average Bonchev–Trinajstić information content (AvgIpc) is 2.69. The molecular formula is C21H33N3O2. The van der Waals surface area contributed by atoms with Crippen LogP contribution < -0.4 is 0 Å². The second-order valence-electron chi connectivity index (χ2n) is 7.79. The summed E-state index contributed by atoms with van der Waals surface area (Å²) in [6.45, 7) is 9.65. The van der Waals surface area contributed by atoms with Gasteiger partial charge in [0.25, 0.3) is 0 Å². The number of hydrogen-bond donors (Lipinski definition) is 1. The van der Waals surface area contributed by atoms with Crippen molar-refractivity contribution in [2.75, 3.05) is 45.8 Å². The minimum Gasteiger partial charge on any atom is -0.392 e. The molecule has 1 amide bonds. The molecule has 1 aromatic carbocycles. The molecule has 0 spiro atoms. The summed E-state index contributed by atoms with van der Waals surface area (Å²) in [7, 11) is 0. The van der Waals surface area contributed by atoms with Gasteiger partial charge >= 0.3 is 0 Å². The fourth-order valence-corrected chi connectivity index (χ4v) is 4.15. The largest absolute Gasteiger partial charge is 0.392 e. The molecule has 3 rings (SSSR count). The number of rotatable bonds is 6. The van der Waals surface area contributed by atoms with Crippen LogP contribution in [0.1, 0.15) is 37.3 Å². The summed E-state index contributed by atoms with van der Waals surface area (Å²) in [5.41, 5.74) is 2.19. The lowest BCUT2D eigenvalue weighted by atomic mass is 10.1. The van der Waals surface area contributed by atoms with Gasteiger partial charge in [-0.1, -0.05) is 37.6 Å². The van der Waals surface area contributed by atoms with Crippen LogP contribution in [0.2, 0.25) is 0 Å². The van der Waals surface area contributed by atoms with E-state index in [9.17, 15) is 9.90 Å². The Morgan fingerprint density at radius 2 is 1.62 bits per heavy atom. The maximum Gasteiger partial charge on any atom is 0.226 e. The van der Waals surface area contributed by atoms with Crippen LogP contribution >= 0.6 is 0 Å². The molecule has 0 aromatic heterocycles. The third kappa shape index (κ3) is 5.06. The zero-order valence-corrected chi connectivity index (χ0v) is 16.1. The molecule has 26 heavy (non-hydrogen) atoms. The minimum absolute atomic E-state index is 0.0860. The molecule has 0 bridgehead atoms. The zero-order chi connectivity index (χ0) is 18.4. The Morgan fingerprint density at radius 1 is 0.962 bits per heavy atom. The van der Waals surface area contributed by atoms with Gasteiger partial charge in [-0.15, -0.1) is 0 Å². The summed E-state index contributed by atoms with van der Waals surface area (Å²) in [6.07, 6.45) is 3.88. The number of aliphatic hydroxyl groups excluding tert-OH is 1. The van der Waals surface area contributed by atoms with Gasteiger partial charge in [-0.25, -0.2) is 0 Å². The number of carbonyl (C=O) groups excluding carboxylic acids is 1. The van der Waals surface area contributed by atoms with Crippen LogP contribution in [0.5, 0.6) is 0 Å². The zero-order valence-electron chi connectivity index (χ0n) is 16.1. The van der Waals surface area contributed by atoms with Crippen molar-refractivity contribution in [2.45, 2.75) is 39.3 Å². The van der Waals surface area contributed by atoms with Crippen LogP contribution in [0.15, 0.2) is 24.3 Å². The van der Waals surface area contributed by atoms with Gasteiger partial charge in [-0.05, 0) is 37.1 Å². The second-order valence-corrected chi connectivity index (χ2v) is 7.79. The van der Waals surface area contributed by atoms with Crippen LogP contribution in [-0.4, -0.2) is 71.5 Å².